The monoisotopic (exact) mass is 334 g/mol. The summed E-state index contributed by atoms with van der Waals surface area (Å²) in [5.74, 6) is 1.07. The molecule has 0 aliphatic rings. The number of ether oxygens (including phenoxy) is 1. The van der Waals surface area contributed by atoms with Crippen molar-refractivity contribution < 1.29 is 9.84 Å². The van der Waals surface area contributed by atoms with Gasteiger partial charge in [-0.25, -0.2) is 0 Å². The standard InChI is InChI=1S/C17H19BrO2/c18-16-8-4-6-14(12-16)15(13-19)7-5-11-20-17-9-2-1-3-10-17/h1-4,6,8-10,12,15,19H,5,7,11,13H2. The van der Waals surface area contributed by atoms with Crippen LogP contribution in [0, 0.1) is 0 Å². The largest absolute Gasteiger partial charge is 0.494 e. The molecule has 0 spiro atoms. The van der Waals surface area contributed by atoms with E-state index < -0.39 is 0 Å². The van der Waals surface area contributed by atoms with Crippen molar-refractivity contribution in [3.8, 4) is 5.75 Å². The summed E-state index contributed by atoms with van der Waals surface area (Å²) in [6.07, 6.45) is 1.84. The summed E-state index contributed by atoms with van der Waals surface area (Å²) in [5, 5.41) is 9.53. The first-order valence-electron chi connectivity index (χ1n) is 6.84. The van der Waals surface area contributed by atoms with E-state index in [0.717, 1.165) is 23.1 Å². The Morgan fingerprint density at radius 3 is 2.55 bits per heavy atom. The molecule has 0 fully saturated rings. The molecule has 3 heteroatoms. The fourth-order valence-electron chi connectivity index (χ4n) is 2.16. The predicted octanol–water partition coefficient (Wildman–Crippen LogP) is 4.38. The molecule has 0 radical (unpaired) electrons. The van der Waals surface area contributed by atoms with Crippen LogP contribution in [-0.2, 0) is 0 Å². The van der Waals surface area contributed by atoms with E-state index in [1.165, 1.54) is 5.56 Å². The van der Waals surface area contributed by atoms with Crippen LogP contribution in [0.2, 0.25) is 0 Å². The fraction of sp³-hybridized carbons (Fsp3) is 0.294. The normalized spacial score (nSPS) is 12.1. The molecular formula is C17H19BrO2. The lowest BCUT2D eigenvalue weighted by atomic mass is 9.95. The quantitative estimate of drug-likeness (QED) is 0.761. The van der Waals surface area contributed by atoms with Gasteiger partial charge in [-0.3, -0.25) is 0 Å². The zero-order chi connectivity index (χ0) is 14.2. The highest BCUT2D eigenvalue weighted by atomic mass is 79.9. The lowest BCUT2D eigenvalue weighted by molar-refractivity contribution is 0.243. The third-order valence-corrected chi connectivity index (χ3v) is 3.74. The van der Waals surface area contributed by atoms with Crippen molar-refractivity contribution in [2.45, 2.75) is 18.8 Å². The minimum absolute atomic E-state index is 0.168. The summed E-state index contributed by atoms with van der Waals surface area (Å²) in [6, 6.07) is 17.9. The maximum Gasteiger partial charge on any atom is 0.119 e. The second-order valence-electron chi connectivity index (χ2n) is 4.74. The van der Waals surface area contributed by atoms with Gasteiger partial charge in [-0.05, 0) is 42.7 Å². The summed E-state index contributed by atoms with van der Waals surface area (Å²) < 4.78 is 6.72. The number of rotatable bonds is 7. The maximum atomic E-state index is 9.53. The third-order valence-electron chi connectivity index (χ3n) is 3.25. The molecule has 0 aromatic heterocycles. The van der Waals surface area contributed by atoms with Gasteiger partial charge in [0.1, 0.15) is 5.75 Å². The van der Waals surface area contributed by atoms with Crippen LogP contribution >= 0.6 is 15.9 Å². The van der Waals surface area contributed by atoms with E-state index in [2.05, 4.69) is 28.1 Å². The Kier molecular flexibility index (Phi) is 6.09. The van der Waals surface area contributed by atoms with E-state index in [0.29, 0.717) is 6.61 Å². The number of para-hydroxylation sites is 1. The molecule has 1 unspecified atom stereocenters. The van der Waals surface area contributed by atoms with Crippen molar-refractivity contribution in [2.24, 2.45) is 0 Å². The van der Waals surface area contributed by atoms with Crippen molar-refractivity contribution in [1.82, 2.24) is 0 Å². The van der Waals surface area contributed by atoms with Crippen molar-refractivity contribution in [3.05, 3.63) is 64.6 Å². The molecule has 0 aliphatic heterocycles. The first kappa shape index (κ1) is 15.1. The Morgan fingerprint density at radius 1 is 1.05 bits per heavy atom. The smallest absolute Gasteiger partial charge is 0.119 e. The van der Waals surface area contributed by atoms with Crippen LogP contribution in [0.4, 0.5) is 0 Å². The van der Waals surface area contributed by atoms with Gasteiger partial charge in [-0.1, -0.05) is 46.3 Å². The molecule has 0 heterocycles. The van der Waals surface area contributed by atoms with Crippen LogP contribution < -0.4 is 4.74 Å². The van der Waals surface area contributed by atoms with Crippen LogP contribution in [-0.4, -0.2) is 18.3 Å². The van der Waals surface area contributed by atoms with Gasteiger partial charge < -0.3 is 9.84 Å². The summed E-state index contributed by atoms with van der Waals surface area (Å²) in [6.45, 7) is 0.844. The molecule has 2 aromatic carbocycles. The van der Waals surface area contributed by atoms with Gasteiger partial charge in [0.2, 0.25) is 0 Å². The van der Waals surface area contributed by atoms with Gasteiger partial charge in [0.15, 0.2) is 0 Å². The SMILES string of the molecule is OCC(CCCOc1ccccc1)c1cccc(Br)c1. The van der Waals surface area contributed by atoms with Gasteiger partial charge in [0, 0.05) is 17.0 Å². The predicted molar refractivity (Wildman–Crippen MR) is 85.1 cm³/mol. The van der Waals surface area contributed by atoms with Gasteiger partial charge in [0.05, 0.1) is 6.61 Å². The van der Waals surface area contributed by atoms with E-state index in [9.17, 15) is 5.11 Å². The second kappa shape index (κ2) is 8.08. The lowest BCUT2D eigenvalue weighted by Gasteiger charge is -2.15. The number of aliphatic hydroxyl groups excluding tert-OH is 1. The molecule has 0 aliphatic carbocycles. The number of hydrogen-bond donors (Lipinski definition) is 1. The average Bonchev–Trinajstić information content (AvgIpc) is 2.48. The molecule has 1 atom stereocenters. The highest BCUT2D eigenvalue weighted by molar-refractivity contribution is 9.10. The molecule has 2 nitrogen and oxygen atoms in total. The van der Waals surface area contributed by atoms with E-state index in [1.54, 1.807) is 0 Å². The molecule has 2 aromatic rings. The Morgan fingerprint density at radius 2 is 1.85 bits per heavy atom. The van der Waals surface area contributed by atoms with Crippen molar-refractivity contribution >= 4 is 15.9 Å². The summed E-state index contributed by atoms with van der Waals surface area (Å²) >= 11 is 3.47. The van der Waals surface area contributed by atoms with E-state index in [1.807, 2.05) is 42.5 Å². The molecule has 0 bridgehead atoms. The Hall–Kier alpha value is -1.32. The number of aliphatic hydroxyl groups is 1. The molecule has 106 valence electrons. The van der Waals surface area contributed by atoms with E-state index in [4.69, 9.17) is 4.74 Å². The zero-order valence-corrected chi connectivity index (χ0v) is 12.9. The second-order valence-corrected chi connectivity index (χ2v) is 5.65. The molecule has 0 saturated carbocycles. The topological polar surface area (TPSA) is 29.5 Å². The third kappa shape index (κ3) is 4.66. The molecule has 20 heavy (non-hydrogen) atoms. The molecule has 1 N–H and O–H groups in total. The Bertz CT molecular complexity index is 513. The molecular weight excluding hydrogens is 316 g/mol. The van der Waals surface area contributed by atoms with Crippen LogP contribution in [0.25, 0.3) is 0 Å². The van der Waals surface area contributed by atoms with E-state index >= 15 is 0 Å². The molecule has 2 rings (SSSR count). The van der Waals surface area contributed by atoms with Crippen molar-refractivity contribution in [2.75, 3.05) is 13.2 Å². The summed E-state index contributed by atoms with van der Waals surface area (Å²) in [5.41, 5.74) is 1.17. The lowest BCUT2D eigenvalue weighted by Crippen LogP contribution is -2.07. The summed E-state index contributed by atoms with van der Waals surface area (Å²) in [4.78, 5) is 0. The van der Waals surface area contributed by atoms with Gasteiger partial charge >= 0.3 is 0 Å². The minimum Gasteiger partial charge on any atom is -0.494 e. The Labute approximate surface area is 128 Å². The molecule has 0 amide bonds. The maximum absolute atomic E-state index is 9.53. The number of halogens is 1. The van der Waals surface area contributed by atoms with Crippen molar-refractivity contribution in [1.29, 1.82) is 0 Å². The van der Waals surface area contributed by atoms with E-state index in [-0.39, 0.29) is 12.5 Å². The first-order chi connectivity index (χ1) is 9.79. The highest BCUT2D eigenvalue weighted by Crippen LogP contribution is 2.24. The highest BCUT2D eigenvalue weighted by Gasteiger charge is 2.10. The molecule has 0 saturated heterocycles. The van der Waals surface area contributed by atoms with Gasteiger partial charge in [0.25, 0.3) is 0 Å². The fourth-order valence-corrected chi connectivity index (χ4v) is 2.58. The van der Waals surface area contributed by atoms with Crippen LogP contribution in [0.3, 0.4) is 0 Å². The van der Waals surface area contributed by atoms with Crippen LogP contribution in [0.5, 0.6) is 5.75 Å². The zero-order valence-electron chi connectivity index (χ0n) is 11.3. The van der Waals surface area contributed by atoms with Gasteiger partial charge in [-0.15, -0.1) is 0 Å². The Balaban J connectivity index is 1.80. The summed E-state index contributed by atoms with van der Waals surface area (Å²) in [7, 11) is 0. The van der Waals surface area contributed by atoms with Gasteiger partial charge in [-0.2, -0.15) is 0 Å². The van der Waals surface area contributed by atoms with Crippen LogP contribution in [0.15, 0.2) is 59.1 Å². The first-order valence-corrected chi connectivity index (χ1v) is 7.63. The number of hydrogen-bond acceptors (Lipinski definition) is 2. The average molecular weight is 335 g/mol. The minimum atomic E-state index is 0.168. The van der Waals surface area contributed by atoms with Crippen molar-refractivity contribution in [3.63, 3.8) is 0 Å². The number of benzene rings is 2. The van der Waals surface area contributed by atoms with Crippen LogP contribution in [0.1, 0.15) is 24.3 Å².